The Balaban J connectivity index is 5.24. The Labute approximate surface area is 626 Å². The van der Waals surface area contributed by atoms with E-state index in [0.717, 1.165) is 114 Å². The van der Waals surface area contributed by atoms with Crippen LogP contribution >= 0.6 is 15.6 Å². The van der Waals surface area contributed by atoms with E-state index in [-0.39, 0.29) is 25.7 Å². The van der Waals surface area contributed by atoms with Gasteiger partial charge < -0.3 is 33.8 Å². The number of ether oxygens (including phenoxy) is 4. The highest BCUT2D eigenvalue weighted by Crippen LogP contribution is 2.45. The Bertz CT molecular complexity index is 1980. The molecule has 0 aromatic heterocycles. The molecule has 0 saturated carbocycles. The zero-order valence-corrected chi connectivity index (χ0v) is 68.9. The molecule has 0 spiro atoms. The van der Waals surface area contributed by atoms with Crippen LogP contribution in [0.4, 0.5) is 0 Å². The van der Waals surface area contributed by atoms with Crippen molar-refractivity contribution in [2.24, 2.45) is 17.8 Å². The number of esters is 4. The standard InChI is InChI=1S/C83H162O17P2/c1-8-11-12-13-14-15-16-17-18-19-20-21-22-23-28-33-38-43-52-59-66-82(87)99-78(70-93-80(85)64-57-50-42-37-32-27-25-24-26-31-36-41-48-55-62-75(6)9-2)72-97-101(89,90)95-68-77(84)69-96-102(91,92)98-73-79(71-94-81(86)65-58-51-46-45-49-56-63-76(7)10-3)100-83(88)67-60-53-44-39-34-29-30-35-40-47-54-61-74(4)5/h74-79,84H,8-73H2,1-7H3,(H,89,90)(H,91,92)/t75?,76?,77-,78-,79-/m1/s1. The van der Waals surface area contributed by atoms with Crippen molar-refractivity contribution in [1.82, 2.24) is 0 Å². The smallest absolute Gasteiger partial charge is 0.462 e. The van der Waals surface area contributed by atoms with Crippen molar-refractivity contribution in [2.45, 2.75) is 452 Å². The van der Waals surface area contributed by atoms with Crippen molar-refractivity contribution >= 4 is 39.5 Å². The molecule has 0 amide bonds. The van der Waals surface area contributed by atoms with Crippen LogP contribution in [0.5, 0.6) is 0 Å². The van der Waals surface area contributed by atoms with Crippen LogP contribution < -0.4 is 0 Å². The highest BCUT2D eigenvalue weighted by Gasteiger charge is 2.30. The molecule has 606 valence electrons. The van der Waals surface area contributed by atoms with Gasteiger partial charge in [-0.1, -0.05) is 382 Å². The molecule has 0 fully saturated rings. The molecule has 0 rings (SSSR count). The topological polar surface area (TPSA) is 237 Å². The number of unbranched alkanes of at least 4 members (excludes halogenated alkanes) is 47. The Hall–Kier alpha value is -1.94. The quantitative estimate of drug-likeness (QED) is 0.0222. The molecule has 19 heteroatoms. The predicted molar refractivity (Wildman–Crippen MR) is 418 cm³/mol. The van der Waals surface area contributed by atoms with E-state index < -0.39 is 97.5 Å². The number of aliphatic hydroxyl groups excluding tert-OH is 1. The first-order chi connectivity index (χ1) is 49.3. The molecule has 0 heterocycles. The van der Waals surface area contributed by atoms with Gasteiger partial charge in [0.15, 0.2) is 12.2 Å². The molecule has 102 heavy (non-hydrogen) atoms. The Morgan fingerprint density at radius 1 is 0.284 bits per heavy atom. The number of rotatable bonds is 81. The number of carbonyl (C=O) groups is 4. The van der Waals surface area contributed by atoms with Gasteiger partial charge >= 0.3 is 39.5 Å². The summed E-state index contributed by atoms with van der Waals surface area (Å²) in [5.74, 6) is 0.236. The summed E-state index contributed by atoms with van der Waals surface area (Å²) in [4.78, 5) is 73.1. The SMILES string of the molecule is CCCCCCCCCCCCCCCCCCCCCCC(=O)O[C@H](COC(=O)CCCCCCCCCCCCCCCCC(C)CC)COP(=O)(O)OC[C@@H](O)COP(=O)(O)OC[C@@H](COC(=O)CCCCCCCCC(C)CC)OC(=O)CCCCCCCCCCCCCC(C)C. The fourth-order valence-electron chi connectivity index (χ4n) is 12.8. The Morgan fingerprint density at radius 3 is 0.745 bits per heavy atom. The molecule has 0 aromatic rings. The van der Waals surface area contributed by atoms with Gasteiger partial charge in [0.25, 0.3) is 0 Å². The molecular formula is C83H162O17P2. The largest absolute Gasteiger partial charge is 0.472 e. The minimum atomic E-state index is -4.96. The van der Waals surface area contributed by atoms with E-state index in [1.807, 2.05) is 0 Å². The van der Waals surface area contributed by atoms with Gasteiger partial charge in [-0.2, -0.15) is 0 Å². The summed E-state index contributed by atoms with van der Waals surface area (Å²) >= 11 is 0. The van der Waals surface area contributed by atoms with Crippen LogP contribution in [0.2, 0.25) is 0 Å². The summed E-state index contributed by atoms with van der Waals surface area (Å²) in [5, 5.41) is 10.7. The van der Waals surface area contributed by atoms with Crippen LogP contribution in [-0.4, -0.2) is 96.7 Å². The lowest BCUT2D eigenvalue weighted by Crippen LogP contribution is -2.30. The van der Waals surface area contributed by atoms with Crippen molar-refractivity contribution in [3.05, 3.63) is 0 Å². The van der Waals surface area contributed by atoms with Gasteiger partial charge in [0, 0.05) is 25.7 Å². The van der Waals surface area contributed by atoms with Crippen molar-refractivity contribution in [3.8, 4) is 0 Å². The fraction of sp³-hybridized carbons (Fsp3) is 0.952. The zero-order valence-electron chi connectivity index (χ0n) is 67.1. The van der Waals surface area contributed by atoms with Gasteiger partial charge in [0.05, 0.1) is 26.4 Å². The maximum atomic E-state index is 13.1. The molecule has 0 radical (unpaired) electrons. The van der Waals surface area contributed by atoms with Crippen LogP contribution in [0, 0.1) is 17.8 Å². The summed E-state index contributed by atoms with van der Waals surface area (Å²) in [6.45, 7) is 12.0. The average Bonchev–Trinajstić information content (AvgIpc) is 0.983. The number of phosphoric ester groups is 2. The van der Waals surface area contributed by atoms with E-state index in [1.165, 1.54) is 238 Å². The first kappa shape index (κ1) is 100. The highest BCUT2D eigenvalue weighted by atomic mass is 31.2. The van der Waals surface area contributed by atoms with E-state index in [1.54, 1.807) is 0 Å². The third-order valence-corrected chi connectivity index (χ3v) is 22.0. The monoisotopic (exact) mass is 1490 g/mol. The number of carbonyl (C=O) groups excluding carboxylic acids is 4. The highest BCUT2D eigenvalue weighted by molar-refractivity contribution is 7.47. The summed E-state index contributed by atoms with van der Waals surface area (Å²) in [5.41, 5.74) is 0. The molecule has 0 aliphatic carbocycles. The second kappa shape index (κ2) is 73.2. The normalized spacial score (nSPS) is 14.5. The summed E-state index contributed by atoms with van der Waals surface area (Å²) in [6, 6.07) is 0. The van der Waals surface area contributed by atoms with Crippen LogP contribution in [0.25, 0.3) is 0 Å². The van der Waals surface area contributed by atoms with Gasteiger partial charge in [-0.3, -0.25) is 37.3 Å². The Morgan fingerprint density at radius 2 is 0.500 bits per heavy atom. The maximum Gasteiger partial charge on any atom is 0.472 e. The molecule has 0 bridgehead atoms. The molecule has 0 aliphatic heterocycles. The number of hydrogen-bond donors (Lipinski definition) is 3. The van der Waals surface area contributed by atoms with E-state index in [4.69, 9.17) is 37.0 Å². The lowest BCUT2D eigenvalue weighted by Gasteiger charge is -2.21. The van der Waals surface area contributed by atoms with E-state index in [2.05, 4.69) is 48.5 Å². The third kappa shape index (κ3) is 73.6. The molecule has 17 nitrogen and oxygen atoms in total. The Kier molecular flexibility index (Phi) is 71.8. The second-order valence-corrected chi connectivity index (χ2v) is 33.7. The molecule has 3 N–H and O–H groups in total. The van der Waals surface area contributed by atoms with Crippen LogP contribution in [0.1, 0.15) is 434 Å². The minimum Gasteiger partial charge on any atom is -0.462 e. The molecular weight excluding hydrogens is 1330 g/mol. The van der Waals surface area contributed by atoms with Crippen molar-refractivity contribution < 1.29 is 80.2 Å². The van der Waals surface area contributed by atoms with E-state index >= 15 is 0 Å². The van der Waals surface area contributed by atoms with Crippen LogP contribution in [-0.2, 0) is 65.4 Å². The van der Waals surface area contributed by atoms with Crippen molar-refractivity contribution in [3.63, 3.8) is 0 Å². The van der Waals surface area contributed by atoms with Crippen molar-refractivity contribution in [2.75, 3.05) is 39.6 Å². The second-order valence-electron chi connectivity index (χ2n) is 30.8. The first-order valence-electron chi connectivity index (χ1n) is 42.9. The third-order valence-electron chi connectivity index (χ3n) is 20.1. The summed E-state index contributed by atoms with van der Waals surface area (Å²) in [6.07, 6.45) is 62.5. The number of aliphatic hydroxyl groups is 1. The predicted octanol–water partition coefficient (Wildman–Crippen LogP) is 24.9. The van der Waals surface area contributed by atoms with Crippen LogP contribution in [0.3, 0.4) is 0 Å². The number of hydrogen-bond acceptors (Lipinski definition) is 15. The fourth-order valence-corrected chi connectivity index (χ4v) is 14.4. The number of phosphoric acid groups is 2. The maximum absolute atomic E-state index is 13.1. The van der Waals surface area contributed by atoms with Gasteiger partial charge in [-0.15, -0.1) is 0 Å². The average molecular weight is 1490 g/mol. The van der Waals surface area contributed by atoms with Gasteiger partial charge in [-0.25, -0.2) is 9.13 Å². The lowest BCUT2D eigenvalue weighted by atomic mass is 9.99. The molecule has 7 atom stereocenters. The minimum absolute atomic E-state index is 0.106. The molecule has 0 saturated heterocycles. The van der Waals surface area contributed by atoms with E-state index in [9.17, 15) is 43.2 Å². The summed E-state index contributed by atoms with van der Waals surface area (Å²) in [7, 11) is -9.92. The van der Waals surface area contributed by atoms with Crippen molar-refractivity contribution in [1.29, 1.82) is 0 Å². The van der Waals surface area contributed by atoms with Gasteiger partial charge in [0.1, 0.15) is 19.3 Å². The first-order valence-corrected chi connectivity index (χ1v) is 45.9. The van der Waals surface area contributed by atoms with Gasteiger partial charge in [-0.05, 0) is 43.4 Å². The molecule has 0 aromatic carbocycles. The lowest BCUT2D eigenvalue weighted by molar-refractivity contribution is -0.161. The van der Waals surface area contributed by atoms with Gasteiger partial charge in [0.2, 0.25) is 0 Å². The summed E-state index contributed by atoms with van der Waals surface area (Å²) < 4.78 is 68.8. The molecule has 0 aliphatic rings. The molecule has 4 unspecified atom stereocenters. The van der Waals surface area contributed by atoms with Crippen LogP contribution in [0.15, 0.2) is 0 Å². The zero-order chi connectivity index (χ0) is 75.1. The van der Waals surface area contributed by atoms with E-state index in [0.29, 0.717) is 25.7 Å².